The van der Waals surface area contributed by atoms with Crippen LogP contribution in [-0.4, -0.2) is 20.1 Å². The van der Waals surface area contributed by atoms with Gasteiger partial charge in [0, 0.05) is 43.8 Å². The van der Waals surface area contributed by atoms with Crippen molar-refractivity contribution < 1.29 is 26.2 Å². The van der Waals surface area contributed by atoms with Crippen molar-refractivity contribution in [2.24, 2.45) is 0 Å². The van der Waals surface area contributed by atoms with Gasteiger partial charge in [0.2, 0.25) is 0 Å². The van der Waals surface area contributed by atoms with Crippen LogP contribution in [0.3, 0.4) is 0 Å². The summed E-state index contributed by atoms with van der Waals surface area (Å²) >= 11 is 0. The summed E-state index contributed by atoms with van der Waals surface area (Å²) in [7, 11) is 0. The smallest absolute Gasteiger partial charge is 0.140 e. The van der Waals surface area contributed by atoms with Crippen LogP contribution >= 0.6 is 0 Å². The fourth-order valence-electron chi connectivity index (χ4n) is 4.61. The standard InChI is InChI=1S/C28H21N4O.Pt/c1-28(2)20-9-3-4-10-22(20)32(25-12-5-6-15-29-25)23-16-19(17-30-27(23)28)21-14-13-18-8-7-11-24(33)26(18)31-21;/h3-15,17,33H,1-2H3;/q-1;. The number of pyridine rings is 3. The van der Waals surface area contributed by atoms with Crippen LogP contribution in [0.15, 0.2) is 85.2 Å². The van der Waals surface area contributed by atoms with E-state index in [-0.39, 0.29) is 32.2 Å². The van der Waals surface area contributed by atoms with Crippen molar-refractivity contribution in [3.63, 3.8) is 0 Å². The summed E-state index contributed by atoms with van der Waals surface area (Å²) in [6.07, 6.45) is 3.61. The number of aromatic hydroxyl groups is 1. The number of benzene rings is 2. The van der Waals surface area contributed by atoms with Gasteiger partial charge in [-0.15, -0.1) is 11.6 Å². The number of anilines is 3. The van der Waals surface area contributed by atoms with E-state index in [1.54, 1.807) is 12.3 Å². The van der Waals surface area contributed by atoms with Crippen molar-refractivity contribution in [3.8, 4) is 17.0 Å². The zero-order valence-electron chi connectivity index (χ0n) is 18.6. The predicted molar refractivity (Wildman–Crippen MR) is 130 cm³/mol. The van der Waals surface area contributed by atoms with Crippen LogP contribution in [0.2, 0.25) is 0 Å². The Kier molecular flexibility index (Phi) is 5.45. The Morgan fingerprint density at radius 2 is 1.71 bits per heavy atom. The molecular weight excluding hydrogens is 603 g/mol. The topological polar surface area (TPSA) is 62.1 Å². The Labute approximate surface area is 212 Å². The van der Waals surface area contributed by atoms with Gasteiger partial charge in [-0.1, -0.05) is 68.6 Å². The maximum atomic E-state index is 10.3. The number of phenolic OH excluding ortho intramolecular Hbond substituents is 1. The van der Waals surface area contributed by atoms with Gasteiger partial charge in [0.15, 0.2) is 0 Å². The van der Waals surface area contributed by atoms with E-state index in [0.717, 1.165) is 33.8 Å². The number of fused-ring (bicyclic) bond motifs is 3. The molecule has 0 aliphatic carbocycles. The summed E-state index contributed by atoms with van der Waals surface area (Å²) in [6.45, 7) is 4.38. The predicted octanol–water partition coefficient (Wildman–Crippen LogP) is 6.30. The molecule has 5 nitrogen and oxygen atoms in total. The summed E-state index contributed by atoms with van der Waals surface area (Å²) in [5.74, 6) is 0.964. The normalized spacial score (nSPS) is 13.6. The van der Waals surface area contributed by atoms with E-state index in [2.05, 4.69) is 48.0 Å². The van der Waals surface area contributed by atoms with Crippen LogP contribution in [0.4, 0.5) is 17.2 Å². The average molecular weight is 625 g/mol. The van der Waals surface area contributed by atoms with Gasteiger partial charge < -0.3 is 15.0 Å². The van der Waals surface area contributed by atoms with Crippen LogP contribution in [0.25, 0.3) is 22.2 Å². The molecule has 2 aromatic carbocycles. The van der Waals surface area contributed by atoms with Crippen LogP contribution in [0.5, 0.6) is 5.75 Å². The molecule has 4 heterocycles. The first-order chi connectivity index (χ1) is 16.0. The number of aromatic nitrogens is 3. The first-order valence-electron chi connectivity index (χ1n) is 10.9. The van der Waals surface area contributed by atoms with Gasteiger partial charge in [-0.3, -0.25) is 4.98 Å². The molecule has 0 spiro atoms. The molecule has 0 unspecified atom stereocenters. The van der Waals surface area contributed by atoms with Crippen molar-refractivity contribution in [3.05, 3.63) is 103 Å². The Morgan fingerprint density at radius 1 is 0.882 bits per heavy atom. The van der Waals surface area contributed by atoms with Gasteiger partial charge in [-0.25, -0.2) is 4.98 Å². The van der Waals surface area contributed by atoms with Crippen molar-refractivity contribution in [2.45, 2.75) is 19.3 Å². The number of nitrogens with zero attached hydrogens (tertiary/aromatic N) is 4. The molecule has 170 valence electrons. The second-order valence-corrected chi connectivity index (χ2v) is 8.70. The molecule has 1 aliphatic heterocycles. The first-order valence-corrected chi connectivity index (χ1v) is 10.9. The Bertz CT molecular complexity index is 1520. The fraction of sp³-hybridized carbons (Fsp3) is 0.107. The monoisotopic (exact) mass is 624 g/mol. The summed E-state index contributed by atoms with van der Waals surface area (Å²) in [6, 6.07) is 27.1. The van der Waals surface area contributed by atoms with Gasteiger partial charge in [-0.05, 0) is 46.9 Å². The van der Waals surface area contributed by atoms with E-state index in [1.807, 2.05) is 54.7 Å². The SMILES string of the molecule is CC1(C)c2ccccc2N(c2ccccn2)c2[c-]c(-c3ccc4cccc(O)c4n3)cnc21.[Pt]. The zero-order chi connectivity index (χ0) is 22.6. The molecule has 6 rings (SSSR count). The fourth-order valence-corrected chi connectivity index (χ4v) is 4.61. The van der Waals surface area contributed by atoms with E-state index in [9.17, 15) is 5.11 Å². The molecule has 5 aromatic rings. The number of para-hydroxylation sites is 2. The van der Waals surface area contributed by atoms with Crippen LogP contribution in [0, 0.1) is 6.07 Å². The molecule has 1 aliphatic rings. The van der Waals surface area contributed by atoms with E-state index < -0.39 is 0 Å². The van der Waals surface area contributed by atoms with Crippen molar-refractivity contribution in [1.29, 1.82) is 0 Å². The van der Waals surface area contributed by atoms with Gasteiger partial charge in [0.05, 0.1) is 0 Å². The van der Waals surface area contributed by atoms with Crippen LogP contribution in [0.1, 0.15) is 25.1 Å². The van der Waals surface area contributed by atoms with E-state index in [0.29, 0.717) is 11.2 Å². The van der Waals surface area contributed by atoms with E-state index >= 15 is 0 Å². The molecule has 0 saturated carbocycles. The van der Waals surface area contributed by atoms with Gasteiger partial charge in [0.25, 0.3) is 0 Å². The van der Waals surface area contributed by atoms with Gasteiger partial charge in [-0.2, -0.15) is 0 Å². The third kappa shape index (κ3) is 3.39. The zero-order valence-corrected chi connectivity index (χ0v) is 20.9. The summed E-state index contributed by atoms with van der Waals surface area (Å²) in [5.41, 5.74) is 5.76. The third-order valence-electron chi connectivity index (χ3n) is 6.29. The summed E-state index contributed by atoms with van der Waals surface area (Å²) in [4.78, 5) is 16.4. The molecule has 0 bridgehead atoms. The molecule has 0 fully saturated rings. The molecular formula is C28H21N4OPt-. The molecule has 0 radical (unpaired) electrons. The minimum Gasteiger partial charge on any atom is -0.506 e. The van der Waals surface area contributed by atoms with Crippen molar-refractivity contribution >= 4 is 28.1 Å². The molecule has 6 heteroatoms. The maximum absolute atomic E-state index is 10.3. The second-order valence-electron chi connectivity index (χ2n) is 8.70. The van der Waals surface area contributed by atoms with Gasteiger partial charge in [0.1, 0.15) is 17.1 Å². The van der Waals surface area contributed by atoms with Crippen molar-refractivity contribution in [1.82, 2.24) is 15.0 Å². The Hall–Kier alpha value is -3.56. The first kappa shape index (κ1) is 22.2. The number of hydrogen-bond donors (Lipinski definition) is 1. The minimum absolute atomic E-state index is 0. The second kappa shape index (κ2) is 8.34. The summed E-state index contributed by atoms with van der Waals surface area (Å²) < 4.78 is 0. The Balaban J connectivity index is 0.00000241. The molecule has 34 heavy (non-hydrogen) atoms. The molecule has 0 atom stereocenters. The number of phenols is 1. The molecule has 3 aromatic heterocycles. The molecule has 0 saturated heterocycles. The Morgan fingerprint density at radius 3 is 2.53 bits per heavy atom. The quantitative estimate of drug-likeness (QED) is 0.234. The minimum atomic E-state index is -0.304. The van der Waals surface area contributed by atoms with Crippen LogP contribution < -0.4 is 4.90 Å². The maximum Gasteiger partial charge on any atom is 0.140 e. The number of hydrogen-bond acceptors (Lipinski definition) is 5. The van der Waals surface area contributed by atoms with Crippen LogP contribution in [-0.2, 0) is 26.5 Å². The number of rotatable bonds is 2. The average Bonchev–Trinajstić information content (AvgIpc) is 2.85. The molecule has 0 amide bonds. The van der Waals surface area contributed by atoms with E-state index in [1.165, 1.54) is 5.56 Å². The van der Waals surface area contributed by atoms with Gasteiger partial charge >= 0.3 is 0 Å². The largest absolute Gasteiger partial charge is 0.506 e. The third-order valence-corrected chi connectivity index (χ3v) is 6.29. The molecule has 1 N–H and O–H groups in total. The van der Waals surface area contributed by atoms with Crippen molar-refractivity contribution in [2.75, 3.05) is 4.90 Å². The van der Waals surface area contributed by atoms with E-state index in [4.69, 9.17) is 9.97 Å². The summed E-state index contributed by atoms with van der Waals surface area (Å²) in [5, 5.41) is 11.2.